The summed E-state index contributed by atoms with van der Waals surface area (Å²) in [7, 11) is 0. The van der Waals surface area contributed by atoms with Crippen LogP contribution in [0.15, 0.2) is 24.3 Å². The Morgan fingerprint density at radius 2 is 2.04 bits per heavy atom. The van der Waals surface area contributed by atoms with E-state index < -0.39 is 0 Å². The number of ether oxygens (including phenoxy) is 1. The van der Waals surface area contributed by atoms with Crippen molar-refractivity contribution < 1.29 is 14.3 Å². The molecule has 2 saturated heterocycles. The molecule has 148 valence electrons. The molecular formula is C20H30N4O3. The molecule has 2 aliphatic heterocycles. The van der Waals surface area contributed by atoms with Crippen molar-refractivity contribution in [1.29, 1.82) is 0 Å². The van der Waals surface area contributed by atoms with Gasteiger partial charge in [0.2, 0.25) is 5.91 Å². The van der Waals surface area contributed by atoms with Crippen LogP contribution < -0.4 is 10.2 Å². The van der Waals surface area contributed by atoms with E-state index in [1.807, 2.05) is 41.0 Å². The monoisotopic (exact) mass is 374 g/mol. The summed E-state index contributed by atoms with van der Waals surface area (Å²) in [5.41, 5.74) is 1.58. The average molecular weight is 374 g/mol. The van der Waals surface area contributed by atoms with Crippen LogP contribution in [-0.2, 0) is 9.53 Å². The Kier molecular flexibility index (Phi) is 6.68. The number of anilines is 2. The SMILES string of the molecule is CCOCCN1CCN(C(=O)Nc2cccc(N3C(=O)CC[C@H]3C)c2)CC1. The molecule has 27 heavy (non-hydrogen) atoms. The third-order valence-electron chi connectivity index (χ3n) is 5.28. The molecule has 0 unspecified atom stereocenters. The zero-order valence-electron chi connectivity index (χ0n) is 16.3. The van der Waals surface area contributed by atoms with Crippen LogP contribution in [0.4, 0.5) is 16.2 Å². The zero-order valence-corrected chi connectivity index (χ0v) is 16.3. The van der Waals surface area contributed by atoms with Gasteiger partial charge in [0, 0.05) is 63.2 Å². The highest BCUT2D eigenvalue weighted by Crippen LogP contribution is 2.28. The normalized spacial score (nSPS) is 21.0. The molecule has 0 aromatic heterocycles. The topological polar surface area (TPSA) is 65.1 Å². The van der Waals surface area contributed by atoms with Gasteiger partial charge in [0.1, 0.15) is 0 Å². The molecule has 2 aliphatic rings. The third kappa shape index (κ3) is 4.99. The second-order valence-electron chi connectivity index (χ2n) is 7.16. The van der Waals surface area contributed by atoms with E-state index in [1.54, 1.807) is 0 Å². The van der Waals surface area contributed by atoms with Crippen LogP contribution in [0.25, 0.3) is 0 Å². The van der Waals surface area contributed by atoms with Crippen LogP contribution in [-0.4, -0.2) is 73.7 Å². The lowest BCUT2D eigenvalue weighted by molar-refractivity contribution is -0.117. The first-order chi connectivity index (χ1) is 13.1. The molecule has 3 amide bonds. The fourth-order valence-corrected chi connectivity index (χ4v) is 3.67. The van der Waals surface area contributed by atoms with Crippen molar-refractivity contribution in [3.63, 3.8) is 0 Å². The van der Waals surface area contributed by atoms with Gasteiger partial charge < -0.3 is 19.9 Å². The number of nitrogens with zero attached hydrogens (tertiary/aromatic N) is 3. The number of nitrogens with one attached hydrogen (secondary N) is 1. The molecule has 1 atom stereocenters. The lowest BCUT2D eigenvalue weighted by atomic mass is 10.2. The largest absolute Gasteiger partial charge is 0.380 e. The van der Waals surface area contributed by atoms with Crippen LogP contribution in [0.2, 0.25) is 0 Å². The summed E-state index contributed by atoms with van der Waals surface area (Å²) in [4.78, 5) is 30.7. The lowest BCUT2D eigenvalue weighted by Crippen LogP contribution is -2.50. The number of hydrogen-bond donors (Lipinski definition) is 1. The Balaban J connectivity index is 1.53. The van der Waals surface area contributed by atoms with E-state index in [-0.39, 0.29) is 18.0 Å². The molecular weight excluding hydrogens is 344 g/mol. The predicted molar refractivity (Wildman–Crippen MR) is 106 cm³/mol. The van der Waals surface area contributed by atoms with Gasteiger partial charge in [-0.15, -0.1) is 0 Å². The van der Waals surface area contributed by atoms with Crippen molar-refractivity contribution in [2.24, 2.45) is 0 Å². The number of hydrogen-bond acceptors (Lipinski definition) is 4. The minimum absolute atomic E-state index is 0.0857. The van der Waals surface area contributed by atoms with Crippen LogP contribution in [0.3, 0.4) is 0 Å². The molecule has 0 bridgehead atoms. The quantitative estimate of drug-likeness (QED) is 0.777. The minimum Gasteiger partial charge on any atom is -0.380 e. The average Bonchev–Trinajstić information content (AvgIpc) is 3.01. The molecule has 2 heterocycles. The molecule has 7 heteroatoms. The number of carbonyl (C=O) groups excluding carboxylic acids is 2. The van der Waals surface area contributed by atoms with Gasteiger partial charge in [0.05, 0.1) is 6.61 Å². The van der Waals surface area contributed by atoms with Crippen LogP contribution >= 0.6 is 0 Å². The Bertz CT molecular complexity index is 658. The zero-order chi connectivity index (χ0) is 19.2. The first kappa shape index (κ1) is 19.6. The van der Waals surface area contributed by atoms with Crippen LogP contribution in [0, 0.1) is 0 Å². The number of urea groups is 1. The number of amides is 3. The molecule has 1 N–H and O–H groups in total. The number of benzene rings is 1. The van der Waals surface area contributed by atoms with Crippen molar-refractivity contribution in [2.75, 3.05) is 56.2 Å². The maximum atomic E-state index is 12.6. The third-order valence-corrected chi connectivity index (χ3v) is 5.28. The van der Waals surface area contributed by atoms with Gasteiger partial charge in [0.15, 0.2) is 0 Å². The summed E-state index contributed by atoms with van der Waals surface area (Å²) in [6, 6.07) is 7.67. The van der Waals surface area contributed by atoms with Gasteiger partial charge in [-0.2, -0.15) is 0 Å². The molecule has 0 spiro atoms. The molecule has 3 rings (SSSR count). The molecule has 2 fully saturated rings. The fraction of sp³-hybridized carbons (Fsp3) is 0.600. The first-order valence-corrected chi connectivity index (χ1v) is 9.86. The highest BCUT2D eigenvalue weighted by Gasteiger charge is 2.29. The van der Waals surface area contributed by atoms with Crippen molar-refractivity contribution >= 4 is 23.3 Å². The number of carbonyl (C=O) groups is 2. The summed E-state index contributed by atoms with van der Waals surface area (Å²) in [6.07, 6.45) is 1.47. The first-order valence-electron chi connectivity index (χ1n) is 9.86. The van der Waals surface area contributed by atoms with Crippen molar-refractivity contribution in [3.8, 4) is 0 Å². The van der Waals surface area contributed by atoms with E-state index in [0.717, 1.165) is 50.6 Å². The maximum absolute atomic E-state index is 12.6. The molecule has 0 aliphatic carbocycles. The highest BCUT2D eigenvalue weighted by atomic mass is 16.5. The molecule has 0 saturated carbocycles. The van der Waals surface area contributed by atoms with E-state index in [2.05, 4.69) is 17.1 Å². The van der Waals surface area contributed by atoms with Gasteiger partial charge in [-0.1, -0.05) is 6.07 Å². The minimum atomic E-state index is -0.0857. The fourth-order valence-electron chi connectivity index (χ4n) is 3.67. The maximum Gasteiger partial charge on any atom is 0.321 e. The summed E-state index contributed by atoms with van der Waals surface area (Å²) >= 11 is 0. The smallest absolute Gasteiger partial charge is 0.321 e. The molecule has 1 aromatic carbocycles. The van der Waals surface area contributed by atoms with Gasteiger partial charge in [-0.25, -0.2) is 4.79 Å². The highest BCUT2D eigenvalue weighted by molar-refractivity contribution is 5.97. The molecule has 0 radical (unpaired) electrons. The number of rotatable bonds is 6. The van der Waals surface area contributed by atoms with E-state index in [4.69, 9.17) is 4.74 Å². The molecule has 7 nitrogen and oxygen atoms in total. The summed E-state index contributed by atoms with van der Waals surface area (Å²) < 4.78 is 5.40. The Hall–Kier alpha value is -2.12. The lowest BCUT2D eigenvalue weighted by Gasteiger charge is -2.34. The summed E-state index contributed by atoms with van der Waals surface area (Å²) in [5, 5.41) is 2.98. The van der Waals surface area contributed by atoms with Crippen molar-refractivity contribution in [1.82, 2.24) is 9.80 Å². The molecule has 1 aromatic rings. The standard InChI is InChI=1S/C20H30N4O3/c1-3-27-14-13-22-9-11-23(12-10-22)20(26)21-17-5-4-6-18(15-17)24-16(2)7-8-19(24)25/h4-6,15-16H,3,7-14H2,1-2H3,(H,21,26)/t16-/m1/s1. The van der Waals surface area contributed by atoms with Crippen molar-refractivity contribution in [3.05, 3.63) is 24.3 Å². The van der Waals surface area contributed by atoms with Crippen molar-refractivity contribution in [2.45, 2.75) is 32.7 Å². The number of piperazine rings is 1. The van der Waals surface area contributed by atoms with Gasteiger partial charge in [0.25, 0.3) is 0 Å². The summed E-state index contributed by atoms with van der Waals surface area (Å²) in [6.45, 7) is 9.58. The second-order valence-corrected chi connectivity index (χ2v) is 7.16. The van der Waals surface area contributed by atoms with E-state index >= 15 is 0 Å². The Labute approximate surface area is 161 Å². The van der Waals surface area contributed by atoms with Crippen LogP contribution in [0.5, 0.6) is 0 Å². The van der Waals surface area contributed by atoms with E-state index in [0.29, 0.717) is 19.5 Å². The van der Waals surface area contributed by atoms with Gasteiger partial charge in [-0.3, -0.25) is 9.69 Å². The second kappa shape index (κ2) is 9.19. The van der Waals surface area contributed by atoms with E-state index in [1.165, 1.54) is 0 Å². The predicted octanol–water partition coefficient (Wildman–Crippen LogP) is 2.39. The summed E-state index contributed by atoms with van der Waals surface area (Å²) in [5.74, 6) is 0.147. The van der Waals surface area contributed by atoms with Gasteiger partial charge in [-0.05, 0) is 38.5 Å². The van der Waals surface area contributed by atoms with E-state index in [9.17, 15) is 9.59 Å². The van der Waals surface area contributed by atoms with Crippen LogP contribution in [0.1, 0.15) is 26.7 Å². The Morgan fingerprint density at radius 3 is 2.70 bits per heavy atom. The van der Waals surface area contributed by atoms with Gasteiger partial charge >= 0.3 is 6.03 Å². The Morgan fingerprint density at radius 1 is 1.26 bits per heavy atom.